The fourth-order valence-corrected chi connectivity index (χ4v) is 3.37. The van der Waals surface area contributed by atoms with Crippen LogP contribution < -0.4 is 0 Å². The summed E-state index contributed by atoms with van der Waals surface area (Å²) in [6, 6.07) is 0.553. The summed E-state index contributed by atoms with van der Waals surface area (Å²) >= 11 is 0. The van der Waals surface area contributed by atoms with E-state index in [9.17, 15) is 4.79 Å². The number of ketones is 1. The summed E-state index contributed by atoms with van der Waals surface area (Å²) in [5.74, 6) is 0.504. The van der Waals surface area contributed by atoms with E-state index in [-0.39, 0.29) is 12.1 Å². The van der Waals surface area contributed by atoms with Crippen LogP contribution in [0.5, 0.6) is 0 Å². The van der Waals surface area contributed by atoms with E-state index in [0.29, 0.717) is 5.78 Å². The first-order chi connectivity index (χ1) is 7.88. The fourth-order valence-electron chi connectivity index (χ4n) is 3.37. The van der Waals surface area contributed by atoms with Crippen LogP contribution in [0.25, 0.3) is 0 Å². The van der Waals surface area contributed by atoms with Gasteiger partial charge in [0.25, 0.3) is 0 Å². The molecule has 0 aromatic heterocycles. The van der Waals surface area contributed by atoms with Gasteiger partial charge in [-0.3, -0.25) is 14.6 Å². The quantitative estimate of drug-likeness (QED) is 0.703. The van der Waals surface area contributed by atoms with Gasteiger partial charge in [0.15, 0.2) is 5.78 Å². The Morgan fingerprint density at radius 3 is 1.44 bits per heavy atom. The number of nitrogens with zero attached hydrogens (tertiary/aromatic N) is 2. The Morgan fingerprint density at radius 1 is 0.688 bits per heavy atom. The molecular weight excluding hydrogens is 200 g/mol. The standard InChI is InChI=1S/C13H22N2O/c16-13-11(14-7-3-1-4-8-14)12(13)15-9-5-2-6-10-15/h11-12H,1-10H2. The van der Waals surface area contributed by atoms with Crippen LogP contribution in [0.15, 0.2) is 0 Å². The molecule has 0 aromatic carbocycles. The van der Waals surface area contributed by atoms with E-state index in [1.54, 1.807) is 0 Å². The molecule has 90 valence electrons. The van der Waals surface area contributed by atoms with Crippen molar-refractivity contribution in [2.75, 3.05) is 26.2 Å². The third kappa shape index (κ3) is 1.91. The second kappa shape index (κ2) is 4.46. The minimum atomic E-state index is 0.276. The Hall–Kier alpha value is -0.410. The average molecular weight is 222 g/mol. The highest BCUT2D eigenvalue weighted by atomic mass is 16.1. The van der Waals surface area contributed by atoms with Crippen LogP contribution in [0.1, 0.15) is 38.5 Å². The van der Waals surface area contributed by atoms with Crippen LogP contribution in [0, 0.1) is 0 Å². The summed E-state index contributed by atoms with van der Waals surface area (Å²) in [6.07, 6.45) is 7.86. The van der Waals surface area contributed by atoms with Gasteiger partial charge in [-0.2, -0.15) is 0 Å². The molecule has 1 aliphatic carbocycles. The number of piperidine rings is 2. The number of carbonyl (C=O) groups excluding carboxylic acids is 1. The summed E-state index contributed by atoms with van der Waals surface area (Å²) in [6.45, 7) is 4.61. The fraction of sp³-hybridized carbons (Fsp3) is 0.923. The minimum Gasteiger partial charge on any atom is -0.296 e. The van der Waals surface area contributed by atoms with Gasteiger partial charge in [-0.1, -0.05) is 12.8 Å². The maximum Gasteiger partial charge on any atom is 0.171 e. The summed E-state index contributed by atoms with van der Waals surface area (Å²) in [5.41, 5.74) is 0. The molecule has 3 rings (SSSR count). The van der Waals surface area contributed by atoms with Gasteiger partial charge in [-0.15, -0.1) is 0 Å². The van der Waals surface area contributed by atoms with Crippen LogP contribution in [0.3, 0.4) is 0 Å². The minimum absolute atomic E-state index is 0.276. The molecule has 2 unspecified atom stereocenters. The lowest BCUT2D eigenvalue weighted by Crippen LogP contribution is -2.39. The zero-order valence-electron chi connectivity index (χ0n) is 10.0. The van der Waals surface area contributed by atoms with Gasteiger partial charge >= 0.3 is 0 Å². The van der Waals surface area contributed by atoms with E-state index in [1.807, 2.05) is 0 Å². The first kappa shape index (κ1) is 10.7. The van der Waals surface area contributed by atoms with Crippen molar-refractivity contribution in [3.63, 3.8) is 0 Å². The van der Waals surface area contributed by atoms with Crippen molar-refractivity contribution in [2.45, 2.75) is 50.6 Å². The van der Waals surface area contributed by atoms with Gasteiger partial charge in [0.2, 0.25) is 0 Å². The summed E-state index contributed by atoms with van der Waals surface area (Å²) in [5, 5.41) is 0. The van der Waals surface area contributed by atoms with E-state index < -0.39 is 0 Å². The van der Waals surface area contributed by atoms with Crippen LogP contribution in [-0.2, 0) is 4.79 Å². The van der Waals surface area contributed by atoms with Crippen molar-refractivity contribution >= 4 is 5.78 Å². The summed E-state index contributed by atoms with van der Waals surface area (Å²) in [7, 11) is 0. The molecule has 0 N–H and O–H groups in total. The third-order valence-electron chi connectivity index (χ3n) is 4.34. The number of likely N-dealkylation sites (tertiary alicyclic amines) is 2. The SMILES string of the molecule is O=C1C(N2CCCCC2)C1N1CCCCC1. The average Bonchev–Trinajstić information content (AvgIpc) is 3.03. The highest BCUT2D eigenvalue weighted by Gasteiger charge is 2.55. The van der Waals surface area contributed by atoms with Gasteiger partial charge in [0.1, 0.15) is 0 Å². The van der Waals surface area contributed by atoms with Gasteiger partial charge < -0.3 is 0 Å². The molecule has 16 heavy (non-hydrogen) atoms. The zero-order chi connectivity index (χ0) is 11.0. The Labute approximate surface area is 97.8 Å². The predicted octanol–water partition coefficient (Wildman–Crippen LogP) is 1.28. The molecule has 0 aromatic rings. The molecule has 0 spiro atoms. The first-order valence-electron chi connectivity index (χ1n) is 6.90. The smallest absolute Gasteiger partial charge is 0.171 e. The molecular formula is C13H22N2O. The molecule has 2 saturated heterocycles. The number of Topliss-reactive ketones (excluding diaryl/α,β-unsaturated/α-hetero) is 1. The van der Waals surface area contributed by atoms with E-state index in [1.165, 1.54) is 38.5 Å². The summed E-state index contributed by atoms with van der Waals surface area (Å²) < 4.78 is 0. The van der Waals surface area contributed by atoms with Gasteiger partial charge in [0, 0.05) is 0 Å². The number of hydrogen-bond acceptors (Lipinski definition) is 3. The number of rotatable bonds is 2. The number of carbonyl (C=O) groups is 1. The molecule has 2 atom stereocenters. The first-order valence-corrected chi connectivity index (χ1v) is 6.90. The normalized spacial score (nSPS) is 37.6. The van der Waals surface area contributed by atoms with E-state index in [0.717, 1.165) is 26.2 Å². The molecule has 0 radical (unpaired) electrons. The lowest BCUT2D eigenvalue weighted by Gasteiger charge is -2.29. The maximum absolute atomic E-state index is 11.9. The van der Waals surface area contributed by atoms with Crippen LogP contribution in [0.4, 0.5) is 0 Å². The molecule has 3 nitrogen and oxygen atoms in total. The van der Waals surface area contributed by atoms with Crippen molar-refractivity contribution in [1.82, 2.24) is 9.80 Å². The summed E-state index contributed by atoms with van der Waals surface area (Å²) in [4.78, 5) is 16.8. The second-order valence-electron chi connectivity index (χ2n) is 5.49. The van der Waals surface area contributed by atoms with Crippen molar-refractivity contribution in [3.8, 4) is 0 Å². The predicted molar refractivity (Wildman–Crippen MR) is 63.4 cm³/mol. The van der Waals surface area contributed by atoms with Crippen molar-refractivity contribution < 1.29 is 4.79 Å². The highest BCUT2D eigenvalue weighted by Crippen LogP contribution is 2.32. The molecule has 0 bridgehead atoms. The van der Waals surface area contributed by atoms with Crippen molar-refractivity contribution in [2.24, 2.45) is 0 Å². The van der Waals surface area contributed by atoms with Crippen LogP contribution in [0.2, 0.25) is 0 Å². The molecule has 3 fully saturated rings. The second-order valence-corrected chi connectivity index (χ2v) is 5.49. The lowest BCUT2D eigenvalue weighted by atomic mass is 10.1. The maximum atomic E-state index is 11.9. The van der Waals surface area contributed by atoms with Crippen molar-refractivity contribution in [1.29, 1.82) is 0 Å². The largest absolute Gasteiger partial charge is 0.296 e. The monoisotopic (exact) mass is 222 g/mol. The Balaban J connectivity index is 1.59. The Kier molecular flexibility index (Phi) is 2.99. The Morgan fingerprint density at radius 2 is 1.06 bits per heavy atom. The lowest BCUT2D eigenvalue weighted by molar-refractivity contribution is -0.113. The van der Waals surface area contributed by atoms with Crippen LogP contribution in [-0.4, -0.2) is 53.8 Å². The van der Waals surface area contributed by atoms with Gasteiger partial charge in [-0.25, -0.2) is 0 Å². The molecule has 3 heteroatoms. The van der Waals surface area contributed by atoms with E-state index in [2.05, 4.69) is 9.80 Å². The molecule has 2 aliphatic heterocycles. The molecule has 2 heterocycles. The van der Waals surface area contributed by atoms with Crippen molar-refractivity contribution in [3.05, 3.63) is 0 Å². The van der Waals surface area contributed by atoms with E-state index >= 15 is 0 Å². The molecule has 0 amide bonds. The number of hydrogen-bond donors (Lipinski definition) is 0. The van der Waals surface area contributed by atoms with Crippen LogP contribution >= 0.6 is 0 Å². The Bertz CT molecular complexity index is 241. The zero-order valence-corrected chi connectivity index (χ0v) is 10.0. The van der Waals surface area contributed by atoms with Gasteiger partial charge in [-0.05, 0) is 51.9 Å². The van der Waals surface area contributed by atoms with Gasteiger partial charge in [0.05, 0.1) is 12.1 Å². The topological polar surface area (TPSA) is 23.6 Å². The molecule has 3 aliphatic rings. The molecule has 1 saturated carbocycles. The highest BCUT2D eigenvalue weighted by molar-refractivity contribution is 6.07. The third-order valence-corrected chi connectivity index (χ3v) is 4.34. The van der Waals surface area contributed by atoms with E-state index in [4.69, 9.17) is 0 Å².